The molecule has 0 unspecified atom stereocenters. The summed E-state index contributed by atoms with van der Waals surface area (Å²) in [7, 11) is 1.59. The molecule has 0 fully saturated rings. The third kappa shape index (κ3) is 3.77. The first-order chi connectivity index (χ1) is 12.1. The van der Waals surface area contributed by atoms with E-state index in [0.717, 1.165) is 11.3 Å². The van der Waals surface area contributed by atoms with Gasteiger partial charge in [-0.3, -0.25) is 0 Å². The second-order valence-electron chi connectivity index (χ2n) is 5.31. The highest BCUT2D eigenvalue weighted by atomic mass is 16.5. The zero-order chi connectivity index (χ0) is 17.8. The maximum Gasteiger partial charge on any atom is 0.338 e. The van der Waals surface area contributed by atoms with Gasteiger partial charge in [-0.15, -0.1) is 10.2 Å². The lowest BCUT2D eigenvalue weighted by Gasteiger charge is -2.04. The topological polar surface area (TPSA) is 94.7 Å². The van der Waals surface area contributed by atoms with Crippen LogP contribution in [0.25, 0.3) is 11.5 Å². The molecular weight excluding hydrogens is 324 g/mol. The molecule has 1 aromatic heterocycles. The smallest absolute Gasteiger partial charge is 0.338 e. The van der Waals surface area contributed by atoms with Crippen molar-refractivity contribution in [3.8, 4) is 23.0 Å². The number of benzene rings is 2. The molecule has 7 heteroatoms. The first-order valence-corrected chi connectivity index (χ1v) is 7.50. The summed E-state index contributed by atoms with van der Waals surface area (Å²) in [6, 6.07) is 11.7. The number of aromatic hydroxyl groups is 1. The summed E-state index contributed by atoms with van der Waals surface area (Å²) < 4.78 is 15.7. The van der Waals surface area contributed by atoms with Crippen molar-refractivity contribution in [2.75, 3.05) is 7.11 Å². The number of methoxy groups -OCH3 is 1. The third-order valence-corrected chi connectivity index (χ3v) is 3.58. The monoisotopic (exact) mass is 340 g/mol. The summed E-state index contributed by atoms with van der Waals surface area (Å²) in [6.45, 7) is 1.58. The number of carbonyl (C=O) groups excluding carboxylic acids is 1. The van der Waals surface area contributed by atoms with Crippen LogP contribution in [0.4, 0.5) is 0 Å². The molecule has 1 heterocycles. The van der Waals surface area contributed by atoms with E-state index in [1.165, 1.54) is 6.07 Å². The number of aromatic nitrogens is 2. The summed E-state index contributed by atoms with van der Waals surface area (Å²) in [6.07, 6.45) is 0. The molecule has 25 heavy (non-hydrogen) atoms. The molecule has 0 radical (unpaired) electrons. The number of hydrogen-bond acceptors (Lipinski definition) is 7. The van der Waals surface area contributed by atoms with Gasteiger partial charge in [-0.25, -0.2) is 4.79 Å². The Hall–Kier alpha value is -3.35. The van der Waals surface area contributed by atoms with E-state index in [-0.39, 0.29) is 23.8 Å². The van der Waals surface area contributed by atoms with Crippen molar-refractivity contribution < 1.29 is 23.8 Å². The summed E-state index contributed by atoms with van der Waals surface area (Å²) in [5.41, 5.74) is 1.66. The number of phenols is 1. The standard InChI is InChI=1S/C18H16N2O5/c1-11-3-4-13(9-15(11)21)18(22)24-10-16-19-20-17(25-16)12-5-7-14(23-2)8-6-12/h3-9,21H,10H2,1-2H3. The van der Waals surface area contributed by atoms with Gasteiger partial charge < -0.3 is 19.0 Å². The maximum atomic E-state index is 12.0. The molecule has 0 amide bonds. The van der Waals surface area contributed by atoms with Crippen LogP contribution in [0.15, 0.2) is 46.9 Å². The minimum absolute atomic E-state index is 0.0361. The predicted octanol–water partition coefficient (Wildman–Crippen LogP) is 3.12. The quantitative estimate of drug-likeness (QED) is 0.713. The van der Waals surface area contributed by atoms with Crippen LogP contribution < -0.4 is 4.74 Å². The first kappa shape index (κ1) is 16.5. The number of nitrogens with zero attached hydrogens (tertiary/aromatic N) is 2. The van der Waals surface area contributed by atoms with Crippen LogP contribution in [0, 0.1) is 6.92 Å². The van der Waals surface area contributed by atoms with Gasteiger partial charge in [0.1, 0.15) is 11.5 Å². The number of aryl methyl sites for hydroxylation is 1. The largest absolute Gasteiger partial charge is 0.508 e. The van der Waals surface area contributed by atoms with Crippen molar-refractivity contribution >= 4 is 5.97 Å². The number of phenolic OH excluding ortho intramolecular Hbond substituents is 1. The Kier molecular flexibility index (Phi) is 4.65. The second-order valence-corrected chi connectivity index (χ2v) is 5.31. The Morgan fingerprint density at radius 3 is 2.60 bits per heavy atom. The Morgan fingerprint density at radius 1 is 1.16 bits per heavy atom. The number of carbonyl (C=O) groups is 1. The van der Waals surface area contributed by atoms with Crippen LogP contribution in [-0.4, -0.2) is 28.4 Å². The molecule has 3 aromatic rings. The van der Waals surface area contributed by atoms with Crippen LogP contribution in [0.5, 0.6) is 11.5 Å². The molecule has 0 spiro atoms. The highest BCUT2D eigenvalue weighted by molar-refractivity contribution is 5.89. The molecule has 0 atom stereocenters. The minimum Gasteiger partial charge on any atom is -0.508 e. The van der Waals surface area contributed by atoms with Crippen molar-refractivity contribution in [2.45, 2.75) is 13.5 Å². The van der Waals surface area contributed by atoms with E-state index in [4.69, 9.17) is 13.9 Å². The van der Waals surface area contributed by atoms with Gasteiger partial charge >= 0.3 is 5.97 Å². The van der Waals surface area contributed by atoms with Gasteiger partial charge in [0.25, 0.3) is 5.89 Å². The molecule has 1 N–H and O–H groups in total. The zero-order valence-electron chi connectivity index (χ0n) is 13.7. The van der Waals surface area contributed by atoms with E-state index in [2.05, 4.69) is 10.2 Å². The second kappa shape index (κ2) is 7.04. The molecule has 0 saturated carbocycles. The Bertz CT molecular complexity index is 887. The summed E-state index contributed by atoms with van der Waals surface area (Å²) in [5.74, 6) is 0.671. The van der Waals surface area contributed by atoms with Crippen molar-refractivity contribution in [3.05, 3.63) is 59.5 Å². The lowest BCUT2D eigenvalue weighted by Crippen LogP contribution is -2.05. The van der Waals surface area contributed by atoms with E-state index in [1.54, 1.807) is 50.4 Å². The molecule has 0 aliphatic rings. The molecule has 0 saturated heterocycles. The number of hydrogen-bond donors (Lipinski definition) is 1. The fourth-order valence-corrected chi connectivity index (χ4v) is 2.11. The summed E-state index contributed by atoms with van der Waals surface area (Å²) in [4.78, 5) is 12.0. The maximum absolute atomic E-state index is 12.0. The third-order valence-electron chi connectivity index (χ3n) is 3.58. The minimum atomic E-state index is -0.584. The molecule has 0 aliphatic carbocycles. The first-order valence-electron chi connectivity index (χ1n) is 7.50. The van der Waals surface area contributed by atoms with Gasteiger partial charge in [-0.1, -0.05) is 6.07 Å². The lowest BCUT2D eigenvalue weighted by molar-refractivity contribution is 0.0438. The van der Waals surface area contributed by atoms with Crippen molar-refractivity contribution in [2.24, 2.45) is 0 Å². The Labute approximate surface area is 143 Å². The predicted molar refractivity (Wildman–Crippen MR) is 88.2 cm³/mol. The number of ether oxygens (including phenoxy) is 2. The number of esters is 1. The SMILES string of the molecule is COc1ccc(-c2nnc(COC(=O)c3ccc(C)c(O)c3)o2)cc1. The van der Waals surface area contributed by atoms with Crippen molar-refractivity contribution in [1.29, 1.82) is 0 Å². The van der Waals surface area contributed by atoms with Gasteiger partial charge in [0.2, 0.25) is 5.89 Å². The van der Waals surface area contributed by atoms with E-state index in [1.807, 2.05) is 0 Å². The highest BCUT2D eigenvalue weighted by Crippen LogP contribution is 2.22. The summed E-state index contributed by atoms with van der Waals surface area (Å²) >= 11 is 0. The van der Waals surface area contributed by atoms with E-state index >= 15 is 0 Å². The average molecular weight is 340 g/mol. The molecule has 0 bridgehead atoms. The van der Waals surface area contributed by atoms with Gasteiger partial charge in [0.15, 0.2) is 6.61 Å². The fourth-order valence-electron chi connectivity index (χ4n) is 2.11. The van der Waals surface area contributed by atoms with Gasteiger partial charge in [-0.05, 0) is 48.9 Å². The average Bonchev–Trinajstić information content (AvgIpc) is 3.11. The van der Waals surface area contributed by atoms with Gasteiger partial charge in [-0.2, -0.15) is 0 Å². The molecule has 3 rings (SSSR count). The Morgan fingerprint density at radius 2 is 1.92 bits per heavy atom. The fraction of sp³-hybridized carbons (Fsp3) is 0.167. The molecular formula is C18H16N2O5. The Balaban J connectivity index is 1.64. The van der Waals surface area contributed by atoms with Gasteiger partial charge in [0, 0.05) is 5.56 Å². The zero-order valence-corrected chi connectivity index (χ0v) is 13.7. The highest BCUT2D eigenvalue weighted by Gasteiger charge is 2.13. The molecule has 2 aromatic carbocycles. The van der Waals surface area contributed by atoms with Crippen LogP contribution >= 0.6 is 0 Å². The van der Waals surface area contributed by atoms with Crippen LogP contribution in [0.3, 0.4) is 0 Å². The molecule has 0 aliphatic heterocycles. The van der Waals surface area contributed by atoms with Crippen LogP contribution in [0.1, 0.15) is 21.8 Å². The van der Waals surface area contributed by atoms with Crippen molar-refractivity contribution in [3.63, 3.8) is 0 Å². The number of rotatable bonds is 5. The molecule has 128 valence electrons. The lowest BCUT2D eigenvalue weighted by atomic mass is 10.1. The van der Waals surface area contributed by atoms with Gasteiger partial charge in [0.05, 0.1) is 12.7 Å². The van der Waals surface area contributed by atoms with Crippen LogP contribution in [0.2, 0.25) is 0 Å². The molecule has 7 nitrogen and oxygen atoms in total. The van der Waals surface area contributed by atoms with E-state index < -0.39 is 5.97 Å². The van der Waals surface area contributed by atoms with Crippen molar-refractivity contribution in [1.82, 2.24) is 10.2 Å². The summed E-state index contributed by atoms with van der Waals surface area (Å²) in [5, 5.41) is 17.4. The van der Waals surface area contributed by atoms with E-state index in [9.17, 15) is 9.90 Å². The normalized spacial score (nSPS) is 10.5. The van der Waals surface area contributed by atoms with E-state index in [0.29, 0.717) is 11.5 Å². The van der Waals surface area contributed by atoms with Crippen LogP contribution in [-0.2, 0) is 11.3 Å².